The number of esters is 1. The van der Waals surface area contributed by atoms with E-state index in [4.69, 9.17) is 9.47 Å². The van der Waals surface area contributed by atoms with Crippen LogP contribution in [0.5, 0.6) is 11.5 Å². The first-order chi connectivity index (χ1) is 17.3. The molecule has 1 saturated heterocycles. The maximum atomic E-state index is 12.5. The SMILES string of the molecule is CC(=O)c1ccc(NC(=O)COC(=O)[C@H]2CC(=O)N(c3ccc(Oc4ccc(C)cc4)cc3)C2)cc1. The van der Waals surface area contributed by atoms with Crippen LogP contribution in [-0.2, 0) is 19.1 Å². The molecule has 1 aliphatic rings. The van der Waals surface area contributed by atoms with Gasteiger partial charge in [-0.1, -0.05) is 17.7 Å². The van der Waals surface area contributed by atoms with Gasteiger partial charge in [0.15, 0.2) is 12.4 Å². The second-order valence-corrected chi connectivity index (χ2v) is 8.60. The minimum atomic E-state index is -0.663. The van der Waals surface area contributed by atoms with Crippen LogP contribution in [-0.4, -0.2) is 36.7 Å². The summed E-state index contributed by atoms with van der Waals surface area (Å²) in [5.41, 5.74) is 2.80. The van der Waals surface area contributed by atoms with Gasteiger partial charge in [-0.3, -0.25) is 19.2 Å². The van der Waals surface area contributed by atoms with Gasteiger partial charge in [0.05, 0.1) is 5.92 Å². The molecule has 0 bridgehead atoms. The Morgan fingerprint density at radius 1 is 0.917 bits per heavy atom. The van der Waals surface area contributed by atoms with Crippen LogP contribution in [0.3, 0.4) is 0 Å². The fraction of sp³-hybridized carbons (Fsp3) is 0.214. The molecule has 1 fully saturated rings. The number of nitrogens with zero attached hydrogens (tertiary/aromatic N) is 1. The fourth-order valence-electron chi connectivity index (χ4n) is 3.79. The molecular weight excluding hydrogens is 460 g/mol. The highest BCUT2D eigenvalue weighted by molar-refractivity contribution is 6.00. The summed E-state index contributed by atoms with van der Waals surface area (Å²) in [7, 11) is 0. The summed E-state index contributed by atoms with van der Waals surface area (Å²) in [6.07, 6.45) is 0.00851. The summed E-state index contributed by atoms with van der Waals surface area (Å²) >= 11 is 0. The quantitative estimate of drug-likeness (QED) is 0.371. The maximum Gasteiger partial charge on any atom is 0.311 e. The van der Waals surface area contributed by atoms with Crippen molar-refractivity contribution >= 4 is 34.9 Å². The topological polar surface area (TPSA) is 102 Å². The van der Waals surface area contributed by atoms with Crippen LogP contribution in [0.25, 0.3) is 0 Å². The molecule has 184 valence electrons. The molecule has 8 nitrogen and oxygen atoms in total. The van der Waals surface area contributed by atoms with Crippen LogP contribution in [0.2, 0.25) is 0 Å². The Balaban J connectivity index is 1.27. The molecule has 1 atom stereocenters. The van der Waals surface area contributed by atoms with Gasteiger partial charge in [-0.25, -0.2) is 0 Å². The summed E-state index contributed by atoms with van der Waals surface area (Å²) in [5.74, 6) is -0.703. The van der Waals surface area contributed by atoms with Gasteiger partial charge in [-0.15, -0.1) is 0 Å². The van der Waals surface area contributed by atoms with Crippen LogP contribution in [0, 0.1) is 12.8 Å². The monoisotopic (exact) mass is 486 g/mol. The number of Topliss-reactive ketones (excluding diaryl/α,β-unsaturated/α-hetero) is 1. The van der Waals surface area contributed by atoms with Gasteiger partial charge in [0.1, 0.15) is 11.5 Å². The van der Waals surface area contributed by atoms with Gasteiger partial charge in [0.25, 0.3) is 5.91 Å². The minimum Gasteiger partial charge on any atom is -0.457 e. The van der Waals surface area contributed by atoms with E-state index in [-0.39, 0.29) is 24.7 Å². The summed E-state index contributed by atoms with van der Waals surface area (Å²) in [4.78, 5) is 50.0. The zero-order chi connectivity index (χ0) is 25.7. The normalized spacial score (nSPS) is 14.9. The molecule has 36 heavy (non-hydrogen) atoms. The number of rotatable bonds is 8. The van der Waals surface area contributed by atoms with Crippen LogP contribution in [0.4, 0.5) is 11.4 Å². The first kappa shape index (κ1) is 24.7. The van der Waals surface area contributed by atoms with Crippen LogP contribution < -0.4 is 15.0 Å². The van der Waals surface area contributed by atoms with Gasteiger partial charge in [0, 0.05) is 29.9 Å². The molecule has 3 aromatic carbocycles. The lowest BCUT2D eigenvalue weighted by Crippen LogP contribution is -2.28. The molecule has 0 radical (unpaired) electrons. The van der Waals surface area contributed by atoms with E-state index in [0.29, 0.717) is 28.4 Å². The molecule has 0 aliphatic carbocycles. The van der Waals surface area contributed by atoms with Gasteiger partial charge >= 0.3 is 5.97 Å². The van der Waals surface area contributed by atoms with E-state index in [1.54, 1.807) is 48.5 Å². The molecule has 0 saturated carbocycles. The third-order valence-electron chi connectivity index (χ3n) is 5.78. The van der Waals surface area contributed by atoms with E-state index in [1.807, 2.05) is 31.2 Å². The Kier molecular flexibility index (Phi) is 7.44. The van der Waals surface area contributed by atoms with Crippen molar-refractivity contribution in [3.8, 4) is 11.5 Å². The highest BCUT2D eigenvalue weighted by atomic mass is 16.5. The highest BCUT2D eigenvalue weighted by Gasteiger charge is 2.36. The second-order valence-electron chi connectivity index (χ2n) is 8.60. The smallest absolute Gasteiger partial charge is 0.311 e. The summed E-state index contributed by atoms with van der Waals surface area (Å²) < 4.78 is 11.0. The van der Waals surface area contributed by atoms with Gasteiger partial charge < -0.3 is 19.7 Å². The first-order valence-electron chi connectivity index (χ1n) is 11.5. The lowest BCUT2D eigenvalue weighted by Gasteiger charge is -2.17. The number of ketones is 1. The Bertz CT molecular complexity index is 1270. The lowest BCUT2D eigenvalue weighted by atomic mass is 10.1. The van der Waals surface area contributed by atoms with Crippen molar-refractivity contribution in [2.24, 2.45) is 5.92 Å². The van der Waals surface area contributed by atoms with Crippen molar-refractivity contribution in [1.82, 2.24) is 0 Å². The van der Waals surface area contributed by atoms with E-state index < -0.39 is 24.4 Å². The highest BCUT2D eigenvalue weighted by Crippen LogP contribution is 2.29. The average Bonchev–Trinajstić information content (AvgIpc) is 3.26. The van der Waals surface area contributed by atoms with E-state index in [9.17, 15) is 19.2 Å². The summed E-state index contributed by atoms with van der Waals surface area (Å²) in [5, 5.41) is 2.61. The molecule has 3 aromatic rings. The summed E-state index contributed by atoms with van der Waals surface area (Å²) in [6.45, 7) is 3.16. The number of anilines is 2. The minimum absolute atomic E-state index is 0.00851. The Morgan fingerprint density at radius 2 is 1.53 bits per heavy atom. The number of nitrogens with one attached hydrogen (secondary N) is 1. The number of benzene rings is 3. The molecule has 1 aliphatic heterocycles. The Labute approximate surface area is 208 Å². The fourth-order valence-corrected chi connectivity index (χ4v) is 3.79. The Hall–Kier alpha value is -4.46. The molecule has 2 amide bonds. The van der Waals surface area contributed by atoms with E-state index >= 15 is 0 Å². The lowest BCUT2D eigenvalue weighted by molar-refractivity contribution is -0.151. The number of ether oxygens (including phenoxy) is 2. The molecule has 0 aromatic heterocycles. The molecule has 0 spiro atoms. The average molecular weight is 487 g/mol. The first-order valence-corrected chi connectivity index (χ1v) is 11.5. The zero-order valence-electron chi connectivity index (χ0n) is 20.0. The summed E-state index contributed by atoms with van der Waals surface area (Å²) in [6, 6.07) is 21.1. The van der Waals surface area contributed by atoms with Crippen LogP contribution >= 0.6 is 0 Å². The number of aryl methyl sites for hydroxylation is 1. The number of amides is 2. The largest absolute Gasteiger partial charge is 0.457 e. The molecule has 1 heterocycles. The Morgan fingerprint density at radius 3 is 2.14 bits per heavy atom. The van der Waals surface area contributed by atoms with Crippen molar-refractivity contribution < 1.29 is 28.7 Å². The predicted molar refractivity (Wildman–Crippen MR) is 134 cm³/mol. The van der Waals surface area contributed by atoms with Crippen molar-refractivity contribution in [3.63, 3.8) is 0 Å². The molecular formula is C28H26N2O6. The molecule has 4 rings (SSSR count). The number of hydrogen-bond donors (Lipinski definition) is 1. The number of hydrogen-bond acceptors (Lipinski definition) is 6. The maximum absolute atomic E-state index is 12.5. The number of carbonyl (C=O) groups excluding carboxylic acids is 4. The van der Waals surface area contributed by atoms with Gasteiger partial charge in [0.2, 0.25) is 5.91 Å². The third-order valence-corrected chi connectivity index (χ3v) is 5.78. The van der Waals surface area contributed by atoms with Crippen molar-refractivity contribution in [2.75, 3.05) is 23.4 Å². The van der Waals surface area contributed by atoms with Gasteiger partial charge in [-0.2, -0.15) is 0 Å². The van der Waals surface area contributed by atoms with Crippen molar-refractivity contribution in [1.29, 1.82) is 0 Å². The van der Waals surface area contributed by atoms with E-state index in [0.717, 1.165) is 5.56 Å². The van der Waals surface area contributed by atoms with Gasteiger partial charge in [-0.05, 0) is 74.5 Å². The second kappa shape index (κ2) is 10.9. The van der Waals surface area contributed by atoms with Crippen molar-refractivity contribution in [3.05, 3.63) is 83.9 Å². The standard InChI is InChI=1S/C28H26N2O6/c1-18-3-11-24(12-4-18)36-25-13-9-23(10-14-25)30-16-21(15-27(30)33)28(34)35-17-26(32)29-22-7-5-20(6-8-22)19(2)31/h3-14,21H,15-17H2,1-2H3,(H,29,32)/t21-/m0/s1. The molecule has 0 unspecified atom stereocenters. The zero-order valence-corrected chi connectivity index (χ0v) is 20.0. The van der Waals surface area contributed by atoms with Crippen molar-refractivity contribution in [2.45, 2.75) is 20.3 Å². The third kappa shape index (κ3) is 6.15. The predicted octanol–water partition coefficient (Wildman–Crippen LogP) is 4.52. The van der Waals surface area contributed by atoms with E-state index in [1.165, 1.54) is 11.8 Å². The van der Waals surface area contributed by atoms with Crippen LogP contribution in [0.15, 0.2) is 72.8 Å². The van der Waals surface area contributed by atoms with E-state index in [2.05, 4.69) is 5.32 Å². The number of carbonyl (C=O) groups is 4. The molecule has 8 heteroatoms. The van der Waals surface area contributed by atoms with Crippen LogP contribution in [0.1, 0.15) is 29.3 Å². The molecule has 1 N–H and O–H groups in total.